The van der Waals surface area contributed by atoms with E-state index in [1.807, 2.05) is 0 Å². The van der Waals surface area contributed by atoms with Crippen LogP contribution in [0.1, 0.15) is 45.1 Å². The van der Waals surface area contributed by atoms with Gasteiger partial charge in [0.1, 0.15) is 5.76 Å². The summed E-state index contributed by atoms with van der Waals surface area (Å²) in [6, 6.07) is 0. The third-order valence-corrected chi connectivity index (χ3v) is 2.68. The van der Waals surface area contributed by atoms with Crippen LogP contribution in [0.3, 0.4) is 0 Å². The van der Waals surface area contributed by atoms with Gasteiger partial charge in [-0.25, -0.2) is 4.98 Å². The van der Waals surface area contributed by atoms with Crippen molar-refractivity contribution >= 4 is 0 Å². The van der Waals surface area contributed by atoms with E-state index in [4.69, 9.17) is 4.42 Å². The lowest BCUT2D eigenvalue weighted by atomic mass is 10.1. The average molecular weight is 208 g/mol. The Bertz CT molecular complexity index is 321. The van der Waals surface area contributed by atoms with Crippen LogP contribution in [0.4, 0.5) is 0 Å². The van der Waals surface area contributed by atoms with Crippen molar-refractivity contribution in [1.82, 2.24) is 10.3 Å². The topological polar surface area (TPSA) is 38.1 Å². The van der Waals surface area contributed by atoms with E-state index in [9.17, 15) is 0 Å². The molecule has 2 rings (SSSR count). The van der Waals surface area contributed by atoms with E-state index in [0.29, 0.717) is 0 Å². The van der Waals surface area contributed by atoms with E-state index in [1.54, 1.807) is 6.39 Å². The third kappa shape index (κ3) is 3.34. The van der Waals surface area contributed by atoms with Gasteiger partial charge in [-0.1, -0.05) is 0 Å². The molecular formula is C12H20N2O. The number of nitrogens with one attached hydrogen (secondary N) is 1. The highest BCUT2D eigenvalue weighted by molar-refractivity contribution is 5.09. The highest BCUT2D eigenvalue weighted by Gasteiger charge is 2.25. The van der Waals surface area contributed by atoms with Gasteiger partial charge >= 0.3 is 0 Å². The second-order valence-electron chi connectivity index (χ2n) is 5.47. The molecule has 1 aromatic rings. The Morgan fingerprint density at radius 3 is 2.80 bits per heavy atom. The van der Waals surface area contributed by atoms with Gasteiger partial charge in [-0.15, -0.1) is 0 Å². The molecule has 0 amide bonds. The molecule has 0 bridgehead atoms. The van der Waals surface area contributed by atoms with Crippen LogP contribution in [0.15, 0.2) is 10.8 Å². The predicted octanol–water partition coefficient (Wildman–Crippen LogP) is 2.52. The number of nitrogens with zero attached hydrogens (tertiary/aromatic N) is 1. The minimum atomic E-state index is 0.135. The Morgan fingerprint density at radius 1 is 1.47 bits per heavy atom. The monoisotopic (exact) mass is 208 g/mol. The summed E-state index contributed by atoms with van der Waals surface area (Å²) in [5.41, 5.74) is 1.22. The summed E-state index contributed by atoms with van der Waals surface area (Å²) in [5, 5.41) is 3.44. The van der Waals surface area contributed by atoms with Crippen LogP contribution in [0.2, 0.25) is 0 Å². The molecule has 0 aromatic carbocycles. The number of rotatable bonds is 4. The fourth-order valence-electron chi connectivity index (χ4n) is 1.54. The summed E-state index contributed by atoms with van der Waals surface area (Å²) in [6.07, 6.45) is 5.35. The smallest absolute Gasteiger partial charge is 0.181 e. The van der Waals surface area contributed by atoms with Gasteiger partial charge in [0, 0.05) is 18.5 Å². The second-order valence-corrected chi connectivity index (χ2v) is 5.47. The SMILES string of the molecule is CC(C)(C)NCc1ncoc1CC1CC1. The first kappa shape index (κ1) is 10.7. The Balaban J connectivity index is 1.92. The van der Waals surface area contributed by atoms with Crippen molar-refractivity contribution in [3.05, 3.63) is 17.8 Å². The zero-order valence-electron chi connectivity index (χ0n) is 9.84. The van der Waals surface area contributed by atoms with E-state index >= 15 is 0 Å². The summed E-state index contributed by atoms with van der Waals surface area (Å²) in [7, 11) is 0. The maximum Gasteiger partial charge on any atom is 0.181 e. The molecular weight excluding hydrogens is 188 g/mol. The quantitative estimate of drug-likeness (QED) is 0.826. The molecule has 1 heterocycles. The number of oxazole rings is 1. The molecule has 1 aliphatic carbocycles. The van der Waals surface area contributed by atoms with Gasteiger partial charge in [-0.2, -0.15) is 0 Å². The first-order valence-electron chi connectivity index (χ1n) is 5.71. The highest BCUT2D eigenvalue weighted by Crippen LogP contribution is 2.33. The molecule has 15 heavy (non-hydrogen) atoms. The summed E-state index contributed by atoms with van der Waals surface area (Å²) < 4.78 is 5.43. The van der Waals surface area contributed by atoms with Crippen LogP contribution < -0.4 is 5.32 Å². The van der Waals surface area contributed by atoms with Crippen LogP contribution >= 0.6 is 0 Å². The van der Waals surface area contributed by atoms with Crippen LogP contribution in [0, 0.1) is 5.92 Å². The van der Waals surface area contributed by atoms with E-state index in [1.165, 1.54) is 12.8 Å². The normalized spacial score (nSPS) is 17.0. The molecule has 0 atom stereocenters. The van der Waals surface area contributed by atoms with Crippen molar-refractivity contribution in [3.8, 4) is 0 Å². The van der Waals surface area contributed by atoms with E-state index in [-0.39, 0.29) is 5.54 Å². The fraction of sp³-hybridized carbons (Fsp3) is 0.750. The van der Waals surface area contributed by atoms with Gasteiger partial charge in [0.2, 0.25) is 0 Å². The Kier molecular flexibility index (Phi) is 2.83. The molecule has 0 saturated heterocycles. The number of hydrogen-bond donors (Lipinski definition) is 1. The largest absolute Gasteiger partial charge is 0.448 e. The molecule has 0 radical (unpaired) electrons. The molecule has 1 aromatic heterocycles. The minimum absolute atomic E-state index is 0.135. The van der Waals surface area contributed by atoms with Crippen molar-refractivity contribution in [3.63, 3.8) is 0 Å². The van der Waals surface area contributed by atoms with Crippen molar-refractivity contribution in [1.29, 1.82) is 0 Å². The van der Waals surface area contributed by atoms with Crippen LogP contribution in [-0.2, 0) is 13.0 Å². The zero-order valence-corrected chi connectivity index (χ0v) is 9.84. The van der Waals surface area contributed by atoms with Crippen molar-refractivity contribution in [2.24, 2.45) is 5.92 Å². The Hall–Kier alpha value is -0.830. The lowest BCUT2D eigenvalue weighted by molar-refractivity contribution is 0.416. The Morgan fingerprint density at radius 2 is 2.20 bits per heavy atom. The molecule has 1 aliphatic rings. The molecule has 84 valence electrons. The van der Waals surface area contributed by atoms with E-state index in [2.05, 4.69) is 31.1 Å². The van der Waals surface area contributed by atoms with Crippen molar-refractivity contribution in [2.75, 3.05) is 0 Å². The van der Waals surface area contributed by atoms with E-state index in [0.717, 1.165) is 30.3 Å². The highest BCUT2D eigenvalue weighted by atomic mass is 16.3. The van der Waals surface area contributed by atoms with Crippen LogP contribution in [0.5, 0.6) is 0 Å². The van der Waals surface area contributed by atoms with Crippen molar-refractivity contribution < 1.29 is 4.42 Å². The molecule has 3 heteroatoms. The molecule has 3 nitrogen and oxygen atoms in total. The first-order chi connectivity index (χ1) is 7.04. The number of aromatic nitrogens is 1. The maximum atomic E-state index is 5.43. The summed E-state index contributed by atoms with van der Waals surface area (Å²) in [6.45, 7) is 7.29. The predicted molar refractivity (Wildman–Crippen MR) is 59.5 cm³/mol. The van der Waals surface area contributed by atoms with E-state index < -0.39 is 0 Å². The molecule has 1 saturated carbocycles. The zero-order chi connectivity index (χ0) is 10.9. The minimum Gasteiger partial charge on any atom is -0.448 e. The van der Waals surface area contributed by atoms with Gasteiger partial charge in [0.25, 0.3) is 0 Å². The molecule has 1 fully saturated rings. The summed E-state index contributed by atoms with van der Waals surface area (Å²) in [5.74, 6) is 1.93. The second kappa shape index (κ2) is 3.97. The van der Waals surface area contributed by atoms with Gasteiger partial charge in [0.15, 0.2) is 6.39 Å². The lowest BCUT2D eigenvalue weighted by Gasteiger charge is -2.19. The Labute approximate surface area is 91.3 Å². The fourth-order valence-corrected chi connectivity index (χ4v) is 1.54. The maximum absolute atomic E-state index is 5.43. The lowest BCUT2D eigenvalue weighted by Crippen LogP contribution is -2.35. The van der Waals surface area contributed by atoms with Gasteiger partial charge in [-0.3, -0.25) is 0 Å². The summed E-state index contributed by atoms with van der Waals surface area (Å²) in [4.78, 5) is 4.27. The standard InChI is InChI=1S/C12H20N2O/c1-12(2,3)14-7-10-11(15-8-13-10)6-9-4-5-9/h8-9,14H,4-7H2,1-3H3. The number of hydrogen-bond acceptors (Lipinski definition) is 3. The molecule has 0 unspecified atom stereocenters. The van der Waals surface area contributed by atoms with Crippen LogP contribution in [-0.4, -0.2) is 10.5 Å². The third-order valence-electron chi connectivity index (χ3n) is 2.68. The van der Waals surface area contributed by atoms with Gasteiger partial charge in [-0.05, 0) is 39.5 Å². The average Bonchev–Trinajstić information content (AvgIpc) is 2.80. The molecule has 1 N–H and O–H groups in total. The first-order valence-corrected chi connectivity index (χ1v) is 5.71. The molecule has 0 spiro atoms. The van der Waals surface area contributed by atoms with Crippen molar-refractivity contribution in [2.45, 2.75) is 52.1 Å². The summed E-state index contributed by atoms with van der Waals surface area (Å²) >= 11 is 0. The van der Waals surface area contributed by atoms with Gasteiger partial charge in [0.05, 0.1) is 5.69 Å². The van der Waals surface area contributed by atoms with Gasteiger partial charge < -0.3 is 9.73 Å². The van der Waals surface area contributed by atoms with Crippen LogP contribution in [0.25, 0.3) is 0 Å². The molecule has 0 aliphatic heterocycles.